The molecule has 0 spiro atoms. The number of hydrogen-bond acceptors (Lipinski definition) is 5. The molecule has 1 aromatic heterocycles. The van der Waals surface area contributed by atoms with Crippen LogP contribution in [0.25, 0.3) is 0 Å². The summed E-state index contributed by atoms with van der Waals surface area (Å²) in [7, 11) is 0. The third-order valence-electron chi connectivity index (χ3n) is 3.09. The van der Waals surface area contributed by atoms with Crippen LogP contribution in [-0.2, 0) is 20.9 Å². The molecule has 0 saturated carbocycles. The molecule has 0 aliphatic heterocycles. The summed E-state index contributed by atoms with van der Waals surface area (Å²) in [4.78, 5) is 27.3. The number of aromatic nitrogens is 1. The van der Waals surface area contributed by atoms with E-state index in [2.05, 4.69) is 10.3 Å². The van der Waals surface area contributed by atoms with E-state index in [0.29, 0.717) is 17.2 Å². The van der Waals surface area contributed by atoms with E-state index in [-0.39, 0.29) is 24.4 Å². The molecule has 116 valence electrons. The van der Waals surface area contributed by atoms with Gasteiger partial charge in [-0.25, -0.2) is 4.98 Å². The highest BCUT2D eigenvalue weighted by Gasteiger charge is 2.20. The quantitative estimate of drug-likeness (QED) is 0.829. The highest BCUT2D eigenvalue weighted by molar-refractivity contribution is 7.13. The van der Waals surface area contributed by atoms with Gasteiger partial charge in [0.1, 0.15) is 6.61 Å². The summed E-state index contributed by atoms with van der Waals surface area (Å²) in [5.74, 6) is -0.703. The maximum Gasteiger partial charge on any atom is 0.313 e. The Hall–Kier alpha value is -2.21. The Balaban J connectivity index is 1.94. The van der Waals surface area contributed by atoms with Gasteiger partial charge in [-0.1, -0.05) is 37.3 Å². The number of nitrogens with zero attached hydrogens (tertiary/aromatic N) is 1. The van der Waals surface area contributed by atoms with Gasteiger partial charge in [-0.15, -0.1) is 11.3 Å². The summed E-state index contributed by atoms with van der Waals surface area (Å²) in [6, 6.07) is 9.58. The van der Waals surface area contributed by atoms with E-state index in [1.165, 1.54) is 18.3 Å². The molecule has 0 radical (unpaired) electrons. The van der Waals surface area contributed by atoms with Gasteiger partial charge < -0.3 is 10.1 Å². The smallest absolute Gasteiger partial charge is 0.313 e. The van der Waals surface area contributed by atoms with E-state index in [4.69, 9.17) is 4.74 Å². The van der Waals surface area contributed by atoms with Crippen LogP contribution in [0, 0.1) is 0 Å². The van der Waals surface area contributed by atoms with E-state index in [1.807, 2.05) is 37.3 Å². The van der Waals surface area contributed by atoms with Crippen LogP contribution in [0.3, 0.4) is 0 Å². The van der Waals surface area contributed by atoms with E-state index < -0.39 is 0 Å². The van der Waals surface area contributed by atoms with Crippen molar-refractivity contribution in [2.45, 2.75) is 32.8 Å². The minimum atomic E-state index is -0.269. The molecule has 1 amide bonds. The summed E-state index contributed by atoms with van der Waals surface area (Å²) in [5.41, 5.74) is 1.58. The largest absolute Gasteiger partial charge is 0.459 e. The molecule has 6 heteroatoms. The minimum Gasteiger partial charge on any atom is -0.459 e. The van der Waals surface area contributed by atoms with E-state index in [9.17, 15) is 9.59 Å². The van der Waals surface area contributed by atoms with E-state index >= 15 is 0 Å². The van der Waals surface area contributed by atoms with Gasteiger partial charge in [-0.2, -0.15) is 0 Å². The van der Waals surface area contributed by atoms with Crippen molar-refractivity contribution < 1.29 is 14.3 Å². The molecule has 1 atom stereocenters. The van der Waals surface area contributed by atoms with Gasteiger partial charge in [0.05, 0.1) is 11.6 Å². The van der Waals surface area contributed by atoms with Gasteiger partial charge in [0.15, 0.2) is 5.13 Å². The Labute approximate surface area is 133 Å². The number of thiazole rings is 1. The molecule has 22 heavy (non-hydrogen) atoms. The second-order valence-corrected chi connectivity index (χ2v) is 5.66. The van der Waals surface area contributed by atoms with Crippen LogP contribution in [0.4, 0.5) is 5.13 Å². The molecule has 1 heterocycles. The van der Waals surface area contributed by atoms with Gasteiger partial charge >= 0.3 is 5.97 Å². The zero-order valence-corrected chi connectivity index (χ0v) is 13.4. The summed E-state index contributed by atoms with van der Waals surface area (Å²) in [6.07, 6.45) is 0.678. The SMILES string of the molecule is CCC(C(=O)OCc1csc(NC(C)=O)n1)c1ccccc1. The Bertz CT molecular complexity index is 640. The van der Waals surface area contributed by atoms with Crippen LogP contribution in [0.5, 0.6) is 0 Å². The average molecular weight is 318 g/mol. The first kappa shape index (κ1) is 16.2. The lowest BCUT2D eigenvalue weighted by Crippen LogP contribution is -2.15. The molecule has 2 rings (SSSR count). The van der Waals surface area contributed by atoms with Gasteiger partial charge in [-0.05, 0) is 12.0 Å². The zero-order valence-electron chi connectivity index (χ0n) is 12.5. The number of esters is 1. The first-order valence-electron chi connectivity index (χ1n) is 7.03. The van der Waals surface area contributed by atoms with Crippen LogP contribution in [-0.4, -0.2) is 16.9 Å². The monoisotopic (exact) mass is 318 g/mol. The highest BCUT2D eigenvalue weighted by atomic mass is 32.1. The molecule has 2 aromatic rings. The number of benzene rings is 1. The normalized spacial score (nSPS) is 11.7. The molecule has 0 fully saturated rings. The van der Waals surface area contributed by atoms with Gasteiger partial charge in [-0.3, -0.25) is 9.59 Å². The minimum absolute atomic E-state index is 0.109. The number of anilines is 1. The number of carbonyl (C=O) groups excluding carboxylic acids is 2. The van der Waals surface area contributed by atoms with Gasteiger partial charge in [0.25, 0.3) is 0 Å². The topological polar surface area (TPSA) is 68.3 Å². The van der Waals surface area contributed by atoms with Crippen molar-refractivity contribution in [2.75, 3.05) is 5.32 Å². The standard InChI is InChI=1S/C16H18N2O3S/c1-3-14(12-7-5-4-6-8-12)15(20)21-9-13-10-22-16(18-13)17-11(2)19/h4-8,10,14H,3,9H2,1-2H3,(H,17,18,19). The molecule has 5 nitrogen and oxygen atoms in total. The lowest BCUT2D eigenvalue weighted by atomic mass is 9.97. The first-order chi connectivity index (χ1) is 10.6. The van der Waals surface area contributed by atoms with Crippen LogP contribution in [0.1, 0.15) is 37.4 Å². The summed E-state index contributed by atoms with van der Waals surface area (Å²) >= 11 is 1.31. The maximum absolute atomic E-state index is 12.2. The van der Waals surface area contributed by atoms with Crippen molar-refractivity contribution in [2.24, 2.45) is 0 Å². The second kappa shape index (κ2) is 7.70. The number of hydrogen-bond donors (Lipinski definition) is 1. The van der Waals surface area contributed by atoms with E-state index in [0.717, 1.165) is 5.56 Å². The lowest BCUT2D eigenvalue weighted by molar-refractivity contribution is -0.147. The predicted octanol–water partition coefficient (Wildman–Crippen LogP) is 3.34. The molecule has 1 N–H and O–H groups in total. The van der Waals surface area contributed by atoms with Crippen molar-refractivity contribution >= 4 is 28.3 Å². The fourth-order valence-corrected chi connectivity index (χ4v) is 2.79. The summed E-state index contributed by atoms with van der Waals surface area (Å²) in [6.45, 7) is 3.49. The second-order valence-electron chi connectivity index (χ2n) is 4.80. The molecule has 1 unspecified atom stereocenters. The molecule has 1 aromatic carbocycles. The molecule has 0 aliphatic rings. The third kappa shape index (κ3) is 4.39. The molecule has 0 saturated heterocycles. The third-order valence-corrected chi connectivity index (χ3v) is 3.90. The number of ether oxygens (including phenoxy) is 1. The van der Waals surface area contributed by atoms with Gasteiger partial charge in [0.2, 0.25) is 5.91 Å². The van der Waals surface area contributed by atoms with Gasteiger partial charge in [0, 0.05) is 12.3 Å². The summed E-state index contributed by atoms with van der Waals surface area (Å²) in [5, 5.41) is 4.87. The van der Waals surface area contributed by atoms with Crippen LogP contribution in [0.15, 0.2) is 35.7 Å². The van der Waals surface area contributed by atoms with Crippen molar-refractivity contribution in [3.63, 3.8) is 0 Å². The summed E-state index contributed by atoms with van der Waals surface area (Å²) < 4.78 is 5.35. The van der Waals surface area contributed by atoms with Crippen molar-refractivity contribution in [3.8, 4) is 0 Å². The number of carbonyl (C=O) groups is 2. The van der Waals surface area contributed by atoms with Crippen molar-refractivity contribution in [1.82, 2.24) is 4.98 Å². The Morgan fingerprint density at radius 3 is 2.68 bits per heavy atom. The van der Waals surface area contributed by atoms with E-state index in [1.54, 1.807) is 5.38 Å². The number of nitrogens with one attached hydrogen (secondary N) is 1. The Kier molecular flexibility index (Phi) is 5.66. The highest BCUT2D eigenvalue weighted by Crippen LogP contribution is 2.22. The Morgan fingerprint density at radius 2 is 2.05 bits per heavy atom. The van der Waals surface area contributed by atoms with Crippen molar-refractivity contribution in [1.29, 1.82) is 0 Å². The maximum atomic E-state index is 12.2. The Morgan fingerprint density at radius 1 is 1.32 bits per heavy atom. The molecule has 0 bridgehead atoms. The average Bonchev–Trinajstić information content (AvgIpc) is 2.94. The van der Waals surface area contributed by atoms with Crippen LogP contribution in [0.2, 0.25) is 0 Å². The fourth-order valence-electron chi connectivity index (χ4n) is 2.05. The van der Waals surface area contributed by atoms with Crippen LogP contribution < -0.4 is 5.32 Å². The fraction of sp³-hybridized carbons (Fsp3) is 0.312. The van der Waals surface area contributed by atoms with Crippen LogP contribution >= 0.6 is 11.3 Å². The molecular formula is C16H18N2O3S. The van der Waals surface area contributed by atoms with Crippen molar-refractivity contribution in [3.05, 3.63) is 47.0 Å². The molecular weight excluding hydrogens is 300 g/mol. The lowest BCUT2D eigenvalue weighted by Gasteiger charge is -2.13. The number of amides is 1. The number of rotatable bonds is 6. The first-order valence-corrected chi connectivity index (χ1v) is 7.91. The predicted molar refractivity (Wildman–Crippen MR) is 85.7 cm³/mol. The molecule has 0 aliphatic carbocycles. The zero-order chi connectivity index (χ0) is 15.9.